The molecule has 0 heterocycles. The molecular formula is C23H29F2N3O4S. The molecule has 1 N–H and O–H groups in total. The van der Waals surface area contributed by atoms with Gasteiger partial charge in [-0.25, -0.2) is 17.2 Å². The normalized spacial score (nSPS) is 13.2. The predicted molar refractivity (Wildman–Crippen MR) is 123 cm³/mol. The highest BCUT2D eigenvalue weighted by molar-refractivity contribution is 7.92. The van der Waals surface area contributed by atoms with Crippen LogP contribution in [0.4, 0.5) is 14.5 Å². The number of amides is 2. The van der Waals surface area contributed by atoms with Crippen LogP contribution in [0, 0.1) is 11.6 Å². The number of carbonyl (C=O) groups is 2. The molecule has 2 aromatic rings. The van der Waals surface area contributed by atoms with E-state index in [1.807, 2.05) is 13.8 Å². The summed E-state index contributed by atoms with van der Waals surface area (Å²) < 4.78 is 53.3. The van der Waals surface area contributed by atoms with Crippen molar-refractivity contribution in [3.63, 3.8) is 0 Å². The molecule has 0 aromatic heterocycles. The van der Waals surface area contributed by atoms with Crippen molar-refractivity contribution in [3.05, 3.63) is 65.7 Å². The number of rotatable bonds is 10. The fourth-order valence-corrected chi connectivity index (χ4v) is 3.93. The van der Waals surface area contributed by atoms with Gasteiger partial charge in [-0.05, 0) is 50.6 Å². The van der Waals surface area contributed by atoms with Gasteiger partial charge < -0.3 is 10.2 Å². The molecule has 0 spiro atoms. The molecule has 0 saturated heterocycles. The van der Waals surface area contributed by atoms with Gasteiger partial charge in [0.15, 0.2) is 0 Å². The van der Waals surface area contributed by atoms with Crippen molar-refractivity contribution < 1.29 is 26.8 Å². The van der Waals surface area contributed by atoms with E-state index in [1.165, 1.54) is 37.3 Å². The summed E-state index contributed by atoms with van der Waals surface area (Å²) in [5.74, 6) is -2.26. The van der Waals surface area contributed by atoms with Crippen LogP contribution in [0.25, 0.3) is 0 Å². The van der Waals surface area contributed by atoms with E-state index in [2.05, 4.69) is 5.32 Å². The Morgan fingerprint density at radius 3 is 2.18 bits per heavy atom. The Bertz CT molecular complexity index is 1080. The first-order valence-corrected chi connectivity index (χ1v) is 12.3. The third-order valence-corrected chi connectivity index (χ3v) is 6.40. The molecule has 10 heteroatoms. The summed E-state index contributed by atoms with van der Waals surface area (Å²) >= 11 is 0. The maximum Gasteiger partial charge on any atom is 0.244 e. The third kappa shape index (κ3) is 7.24. The average molecular weight is 482 g/mol. The minimum absolute atomic E-state index is 0.0924. The first-order valence-electron chi connectivity index (χ1n) is 10.5. The maximum atomic E-state index is 14.3. The molecule has 33 heavy (non-hydrogen) atoms. The van der Waals surface area contributed by atoms with E-state index in [1.54, 1.807) is 6.07 Å². The number of hydrogen-bond donors (Lipinski definition) is 1. The Morgan fingerprint density at radius 1 is 1.03 bits per heavy atom. The lowest BCUT2D eigenvalue weighted by Gasteiger charge is -2.32. The third-order valence-electron chi connectivity index (χ3n) is 5.26. The molecule has 0 aliphatic carbocycles. The van der Waals surface area contributed by atoms with E-state index < -0.39 is 46.1 Å². The average Bonchev–Trinajstić information content (AvgIpc) is 2.76. The lowest BCUT2D eigenvalue weighted by Crippen LogP contribution is -2.52. The summed E-state index contributed by atoms with van der Waals surface area (Å²) in [5, 5.41) is 2.79. The van der Waals surface area contributed by atoms with Crippen LogP contribution in [0.15, 0.2) is 48.5 Å². The van der Waals surface area contributed by atoms with E-state index in [-0.39, 0.29) is 23.8 Å². The van der Waals surface area contributed by atoms with Gasteiger partial charge in [0.05, 0.1) is 11.9 Å². The lowest BCUT2D eigenvalue weighted by molar-refractivity contribution is -0.139. The zero-order valence-electron chi connectivity index (χ0n) is 19.1. The van der Waals surface area contributed by atoms with Gasteiger partial charge in [-0.2, -0.15) is 0 Å². The quantitative estimate of drug-likeness (QED) is 0.565. The largest absolute Gasteiger partial charge is 0.352 e. The smallest absolute Gasteiger partial charge is 0.244 e. The van der Waals surface area contributed by atoms with Gasteiger partial charge in [0, 0.05) is 18.2 Å². The van der Waals surface area contributed by atoms with Gasteiger partial charge in [0.1, 0.15) is 24.2 Å². The fourth-order valence-electron chi connectivity index (χ4n) is 3.08. The molecule has 0 aliphatic rings. The van der Waals surface area contributed by atoms with Crippen LogP contribution < -0.4 is 9.62 Å². The van der Waals surface area contributed by atoms with Crippen LogP contribution in [0.2, 0.25) is 0 Å². The van der Waals surface area contributed by atoms with Gasteiger partial charge in [0.25, 0.3) is 0 Å². The highest BCUT2D eigenvalue weighted by atomic mass is 32.2. The van der Waals surface area contributed by atoms with Crippen LogP contribution >= 0.6 is 0 Å². The van der Waals surface area contributed by atoms with Crippen LogP contribution in [0.1, 0.15) is 32.8 Å². The number of nitrogens with one attached hydrogen (secondary N) is 1. The fraction of sp³-hybridized carbons (Fsp3) is 0.391. The molecule has 2 rings (SSSR count). The second kappa shape index (κ2) is 11.2. The Labute approximate surface area is 193 Å². The maximum absolute atomic E-state index is 14.3. The SMILES string of the molecule is CC[C@@H](C)NC(=O)[C@H](C)N(Cc1ccccc1F)C(=O)CN(c1ccc(F)cc1)S(C)(=O)=O. The number of anilines is 1. The van der Waals surface area contributed by atoms with Crippen LogP contribution in [0.3, 0.4) is 0 Å². The standard InChI is InChI=1S/C23H29F2N3O4S/c1-5-16(2)26-23(30)17(3)27(14-18-8-6-7-9-21(18)25)22(29)15-28(33(4,31)32)20-12-10-19(24)11-13-20/h6-13,16-17H,5,14-15H2,1-4H3,(H,26,30)/t16-,17+/m1/s1. The van der Waals surface area contributed by atoms with Crippen molar-refractivity contribution >= 4 is 27.5 Å². The van der Waals surface area contributed by atoms with Crippen molar-refractivity contribution in [2.45, 2.75) is 45.8 Å². The number of nitrogens with zero attached hydrogens (tertiary/aromatic N) is 2. The van der Waals surface area contributed by atoms with Crippen molar-refractivity contribution in [3.8, 4) is 0 Å². The van der Waals surface area contributed by atoms with Crippen LogP contribution in [0.5, 0.6) is 0 Å². The van der Waals surface area contributed by atoms with Gasteiger partial charge >= 0.3 is 0 Å². The molecular weight excluding hydrogens is 452 g/mol. The highest BCUT2D eigenvalue weighted by Crippen LogP contribution is 2.20. The molecule has 7 nitrogen and oxygen atoms in total. The van der Waals surface area contributed by atoms with E-state index in [4.69, 9.17) is 0 Å². The number of sulfonamides is 1. The molecule has 0 fully saturated rings. The summed E-state index contributed by atoms with van der Waals surface area (Å²) in [5.41, 5.74) is 0.275. The first-order chi connectivity index (χ1) is 15.4. The topological polar surface area (TPSA) is 86.8 Å². The number of benzene rings is 2. The molecule has 2 atom stereocenters. The number of carbonyl (C=O) groups excluding carboxylic acids is 2. The van der Waals surface area contributed by atoms with Gasteiger partial charge in [0.2, 0.25) is 21.8 Å². The minimum Gasteiger partial charge on any atom is -0.352 e. The Hall–Kier alpha value is -3.01. The molecule has 180 valence electrons. The van der Waals surface area contributed by atoms with E-state index in [0.29, 0.717) is 6.42 Å². The van der Waals surface area contributed by atoms with Crippen LogP contribution in [-0.2, 0) is 26.2 Å². The zero-order chi connectivity index (χ0) is 24.8. The first kappa shape index (κ1) is 26.2. The number of halogens is 2. The Kier molecular flexibility index (Phi) is 8.92. The summed E-state index contributed by atoms with van der Waals surface area (Å²) in [4.78, 5) is 27.2. The second-order valence-corrected chi connectivity index (χ2v) is 9.76. The number of hydrogen-bond acceptors (Lipinski definition) is 4. The molecule has 2 aromatic carbocycles. The molecule has 0 bridgehead atoms. The molecule has 2 amide bonds. The Morgan fingerprint density at radius 2 is 1.64 bits per heavy atom. The van der Waals surface area contributed by atoms with E-state index in [9.17, 15) is 26.8 Å². The highest BCUT2D eigenvalue weighted by Gasteiger charge is 2.30. The molecule has 0 radical (unpaired) electrons. The predicted octanol–water partition coefficient (Wildman–Crippen LogP) is 3.06. The molecule has 0 aliphatic heterocycles. The van der Waals surface area contributed by atoms with Crippen LogP contribution in [-0.4, -0.2) is 50.0 Å². The summed E-state index contributed by atoms with van der Waals surface area (Å²) in [7, 11) is -3.92. The van der Waals surface area contributed by atoms with E-state index >= 15 is 0 Å². The Balaban J connectivity index is 2.39. The van der Waals surface area contributed by atoms with Gasteiger partial charge in [-0.3, -0.25) is 13.9 Å². The van der Waals surface area contributed by atoms with Crippen molar-refractivity contribution in [2.24, 2.45) is 0 Å². The summed E-state index contributed by atoms with van der Waals surface area (Å²) in [6, 6.07) is 9.34. The van der Waals surface area contributed by atoms with Gasteiger partial charge in [-0.15, -0.1) is 0 Å². The second-order valence-electron chi connectivity index (χ2n) is 7.85. The zero-order valence-corrected chi connectivity index (χ0v) is 19.9. The minimum atomic E-state index is -3.92. The molecule has 0 saturated carbocycles. The van der Waals surface area contributed by atoms with Crippen molar-refractivity contribution in [2.75, 3.05) is 17.1 Å². The lowest BCUT2D eigenvalue weighted by atomic mass is 10.1. The van der Waals surface area contributed by atoms with Crippen molar-refractivity contribution in [1.82, 2.24) is 10.2 Å². The molecule has 0 unspecified atom stereocenters. The summed E-state index contributed by atoms with van der Waals surface area (Å²) in [6.07, 6.45) is 1.59. The summed E-state index contributed by atoms with van der Waals surface area (Å²) in [6.45, 7) is 4.33. The van der Waals surface area contributed by atoms with Gasteiger partial charge in [-0.1, -0.05) is 25.1 Å². The van der Waals surface area contributed by atoms with E-state index in [0.717, 1.165) is 27.6 Å². The van der Waals surface area contributed by atoms with Crippen molar-refractivity contribution in [1.29, 1.82) is 0 Å². The monoisotopic (exact) mass is 481 g/mol.